The van der Waals surface area contributed by atoms with Gasteiger partial charge in [0.2, 0.25) is 0 Å². The van der Waals surface area contributed by atoms with Crippen LogP contribution in [0.5, 0.6) is 0 Å². The minimum atomic E-state index is -1.24. The molecule has 4 heteroatoms. The molecule has 9 heavy (non-hydrogen) atoms. The molecule has 0 fully saturated rings. The van der Waals surface area contributed by atoms with E-state index in [4.69, 9.17) is 8.85 Å². The molecule has 0 aliphatic carbocycles. The standard InChI is InChI=1S/C5H13BrO2Si/c1-7-9(8-2)5-3-4-6/h9H,3-5H2,1-2H3. The zero-order chi connectivity index (χ0) is 7.11. The molecule has 0 saturated carbocycles. The molecular weight excluding hydrogens is 200 g/mol. The molecule has 0 N–H and O–H groups in total. The van der Waals surface area contributed by atoms with E-state index < -0.39 is 9.28 Å². The number of hydrogen-bond donors (Lipinski definition) is 0. The summed E-state index contributed by atoms with van der Waals surface area (Å²) in [7, 11) is 2.19. The Balaban J connectivity index is 3.09. The second kappa shape index (κ2) is 6.73. The first kappa shape index (κ1) is 9.62. The third kappa shape index (κ3) is 5.08. The number of rotatable bonds is 5. The van der Waals surface area contributed by atoms with Crippen molar-refractivity contribution in [2.75, 3.05) is 19.5 Å². The van der Waals surface area contributed by atoms with E-state index in [2.05, 4.69) is 15.9 Å². The highest BCUT2D eigenvalue weighted by Crippen LogP contribution is 2.00. The maximum atomic E-state index is 5.10. The molecule has 0 radical (unpaired) electrons. The predicted molar refractivity (Wildman–Crippen MR) is 44.4 cm³/mol. The van der Waals surface area contributed by atoms with Gasteiger partial charge in [-0.2, -0.15) is 0 Å². The number of halogens is 1. The van der Waals surface area contributed by atoms with Crippen LogP contribution in [-0.2, 0) is 8.85 Å². The summed E-state index contributed by atoms with van der Waals surface area (Å²) < 4.78 is 10.2. The average Bonchev–Trinajstić information content (AvgIpc) is 1.91. The van der Waals surface area contributed by atoms with Crippen molar-refractivity contribution in [2.24, 2.45) is 0 Å². The Kier molecular flexibility index (Phi) is 7.19. The van der Waals surface area contributed by atoms with Gasteiger partial charge < -0.3 is 8.85 Å². The van der Waals surface area contributed by atoms with E-state index in [0.717, 1.165) is 17.8 Å². The Labute approximate surface area is 66.5 Å². The van der Waals surface area contributed by atoms with Gasteiger partial charge in [-0.3, -0.25) is 0 Å². The van der Waals surface area contributed by atoms with Crippen LogP contribution in [-0.4, -0.2) is 28.8 Å². The largest absolute Gasteiger partial charge is 0.400 e. The first-order valence-corrected chi connectivity index (χ1v) is 5.84. The van der Waals surface area contributed by atoms with E-state index >= 15 is 0 Å². The smallest absolute Gasteiger partial charge is 0.320 e. The third-order valence-corrected chi connectivity index (χ3v) is 3.59. The molecule has 0 saturated heterocycles. The van der Waals surface area contributed by atoms with Gasteiger partial charge in [0, 0.05) is 19.5 Å². The van der Waals surface area contributed by atoms with E-state index in [-0.39, 0.29) is 0 Å². The molecule has 0 heterocycles. The maximum absolute atomic E-state index is 5.10. The van der Waals surface area contributed by atoms with Crippen LogP contribution in [0.3, 0.4) is 0 Å². The number of alkyl halides is 1. The van der Waals surface area contributed by atoms with Crippen LogP contribution in [0.15, 0.2) is 0 Å². The fourth-order valence-electron chi connectivity index (χ4n) is 0.576. The molecule has 0 aromatic carbocycles. The van der Waals surface area contributed by atoms with Crippen molar-refractivity contribution in [3.05, 3.63) is 0 Å². The molecule has 0 aliphatic rings. The van der Waals surface area contributed by atoms with Crippen LogP contribution in [0.2, 0.25) is 6.04 Å². The lowest BCUT2D eigenvalue weighted by atomic mass is 10.6. The second-order valence-electron chi connectivity index (χ2n) is 1.73. The van der Waals surface area contributed by atoms with Crippen LogP contribution < -0.4 is 0 Å². The zero-order valence-electron chi connectivity index (χ0n) is 5.89. The van der Waals surface area contributed by atoms with Gasteiger partial charge in [-0.15, -0.1) is 0 Å². The molecule has 0 bridgehead atoms. The van der Waals surface area contributed by atoms with Crippen molar-refractivity contribution in [1.82, 2.24) is 0 Å². The Morgan fingerprint density at radius 2 is 1.89 bits per heavy atom. The molecule has 0 rings (SSSR count). The van der Waals surface area contributed by atoms with Gasteiger partial charge in [0.05, 0.1) is 0 Å². The predicted octanol–water partition coefficient (Wildman–Crippen LogP) is 1.28. The lowest BCUT2D eigenvalue weighted by Crippen LogP contribution is -2.18. The molecule has 0 aliphatic heterocycles. The highest BCUT2D eigenvalue weighted by molar-refractivity contribution is 9.09. The highest BCUT2D eigenvalue weighted by atomic mass is 79.9. The molecule has 0 unspecified atom stereocenters. The summed E-state index contributed by atoms with van der Waals surface area (Å²) in [5, 5.41) is 1.04. The van der Waals surface area contributed by atoms with E-state index in [1.165, 1.54) is 0 Å². The van der Waals surface area contributed by atoms with Gasteiger partial charge in [-0.05, 0) is 12.5 Å². The van der Waals surface area contributed by atoms with Crippen LogP contribution in [0, 0.1) is 0 Å². The Morgan fingerprint density at radius 3 is 2.22 bits per heavy atom. The van der Waals surface area contributed by atoms with Crippen LogP contribution in [0.25, 0.3) is 0 Å². The summed E-state index contributed by atoms with van der Waals surface area (Å²) in [4.78, 5) is 0. The van der Waals surface area contributed by atoms with Gasteiger partial charge in [-0.1, -0.05) is 15.9 Å². The van der Waals surface area contributed by atoms with Crippen LogP contribution in [0.4, 0.5) is 0 Å². The molecule has 56 valence electrons. The van der Waals surface area contributed by atoms with Crippen LogP contribution in [0.1, 0.15) is 6.42 Å². The molecule has 0 amide bonds. The van der Waals surface area contributed by atoms with Gasteiger partial charge in [0.15, 0.2) is 0 Å². The lowest BCUT2D eigenvalue weighted by molar-refractivity contribution is 0.277. The minimum Gasteiger partial charge on any atom is -0.400 e. The van der Waals surface area contributed by atoms with Crippen LogP contribution >= 0.6 is 15.9 Å². The first-order valence-electron chi connectivity index (χ1n) is 2.96. The fourth-order valence-corrected chi connectivity index (χ4v) is 2.70. The summed E-state index contributed by atoms with van der Waals surface area (Å²) in [6, 6.07) is 1.10. The lowest BCUT2D eigenvalue weighted by Gasteiger charge is -2.08. The number of hydrogen-bond acceptors (Lipinski definition) is 2. The summed E-state index contributed by atoms with van der Waals surface area (Å²) in [6.07, 6.45) is 1.15. The third-order valence-electron chi connectivity index (χ3n) is 1.10. The highest BCUT2D eigenvalue weighted by Gasteiger charge is 2.06. The van der Waals surface area contributed by atoms with E-state index in [1.807, 2.05) is 0 Å². The Bertz CT molecular complexity index is 58.9. The minimum absolute atomic E-state index is 1.04. The topological polar surface area (TPSA) is 18.5 Å². The first-order chi connectivity index (χ1) is 4.35. The van der Waals surface area contributed by atoms with Gasteiger partial charge in [0.1, 0.15) is 0 Å². The van der Waals surface area contributed by atoms with Crippen molar-refractivity contribution in [2.45, 2.75) is 12.5 Å². The van der Waals surface area contributed by atoms with E-state index in [9.17, 15) is 0 Å². The summed E-state index contributed by atoms with van der Waals surface area (Å²) in [5.74, 6) is 0. The van der Waals surface area contributed by atoms with Crippen molar-refractivity contribution < 1.29 is 8.85 Å². The molecule has 0 aromatic rings. The summed E-state index contributed by atoms with van der Waals surface area (Å²) in [6.45, 7) is 0. The second-order valence-corrected chi connectivity index (χ2v) is 4.90. The van der Waals surface area contributed by atoms with E-state index in [0.29, 0.717) is 0 Å². The van der Waals surface area contributed by atoms with Crippen molar-refractivity contribution in [1.29, 1.82) is 0 Å². The molecular formula is C5H13BrO2Si. The SMILES string of the molecule is CO[SiH](CCCBr)OC. The van der Waals surface area contributed by atoms with Gasteiger partial charge >= 0.3 is 9.28 Å². The van der Waals surface area contributed by atoms with E-state index in [1.54, 1.807) is 14.2 Å². The van der Waals surface area contributed by atoms with Gasteiger partial charge in [-0.25, -0.2) is 0 Å². The van der Waals surface area contributed by atoms with Gasteiger partial charge in [0.25, 0.3) is 0 Å². The normalized spacial score (nSPS) is 10.7. The summed E-state index contributed by atoms with van der Waals surface area (Å²) in [5.41, 5.74) is 0. The average molecular weight is 213 g/mol. The maximum Gasteiger partial charge on any atom is 0.320 e. The Hall–Kier alpha value is 0.617. The van der Waals surface area contributed by atoms with Crippen molar-refractivity contribution >= 4 is 25.2 Å². The quantitative estimate of drug-likeness (QED) is 0.506. The molecule has 0 spiro atoms. The Morgan fingerprint density at radius 1 is 1.33 bits per heavy atom. The monoisotopic (exact) mass is 212 g/mol. The molecule has 0 aromatic heterocycles. The zero-order valence-corrected chi connectivity index (χ0v) is 8.63. The molecule has 0 atom stereocenters. The van der Waals surface area contributed by atoms with Crippen molar-refractivity contribution in [3.63, 3.8) is 0 Å². The molecule has 2 nitrogen and oxygen atoms in total. The van der Waals surface area contributed by atoms with Crippen molar-refractivity contribution in [3.8, 4) is 0 Å². The summed E-state index contributed by atoms with van der Waals surface area (Å²) >= 11 is 3.35. The fraction of sp³-hybridized carbons (Fsp3) is 1.00.